The summed E-state index contributed by atoms with van der Waals surface area (Å²) in [6, 6.07) is 8.06. The number of nitrogens with two attached hydrogens (primary N) is 2. The molecule has 4 N–H and O–H groups in total. The molecule has 5 nitrogen and oxygen atoms in total. The van der Waals surface area contributed by atoms with Crippen LogP contribution in [0.1, 0.15) is 32.1 Å². The van der Waals surface area contributed by atoms with Gasteiger partial charge in [-0.25, -0.2) is 4.99 Å². The van der Waals surface area contributed by atoms with Crippen LogP contribution in [0.3, 0.4) is 0 Å². The summed E-state index contributed by atoms with van der Waals surface area (Å²) in [5, 5.41) is 0. The summed E-state index contributed by atoms with van der Waals surface area (Å²) in [7, 11) is 0. The smallest absolute Gasteiger partial charge is 0.220 e. The van der Waals surface area contributed by atoms with E-state index in [1.54, 1.807) is 0 Å². The third-order valence-electron chi connectivity index (χ3n) is 3.94. The molecule has 1 aromatic rings. The number of guanidine groups is 2. The topological polar surface area (TPSA) is 80.0 Å². The fraction of sp³-hybridized carbons (Fsp3) is 0.429. The van der Waals surface area contributed by atoms with Gasteiger partial charge in [0.15, 0.2) is 0 Å². The quantitative estimate of drug-likeness (QED) is 0.702. The predicted molar refractivity (Wildman–Crippen MR) is 85.7 cm³/mol. The van der Waals surface area contributed by atoms with E-state index in [0.29, 0.717) is 5.96 Å². The van der Waals surface area contributed by atoms with Gasteiger partial charge in [-0.3, -0.25) is 4.90 Å². The van der Waals surface area contributed by atoms with Crippen LogP contribution >= 0.6 is 15.9 Å². The zero-order valence-corrected chi connectivity index (χ0v) is 13.9. The minimum Gasteiger partial charge on any atom is -1.00 e. The van der Waals surface area contributed by atoms with Gasteiger partial charge in [-0.1, -0.05) is 22.4 Å². The van der Waals surface area contributed by atoms with Gasteiger partial charge in [-0.2, -0.15) is 4.99 Å². The summed E-state index contributed by atoms with van der Waals surface area (Å²) in [4.78, 5) is 10.8. The Labute approximate surface area is 139 Å². The van der Waals surface area contributed by atoms with E-state index >= 15 is 0 Å². The van der Waals surface area contributed by atoms with Crippen molar-refractivity contribution in [2.24, 2.45) is 21.5 Å². The van der Waals surface area contributed by atoms with Crippen LogP contribution in [0.15, 0.2) is 38.7 Å². The number of benzene rings is 1. The second-order valence-corrected chi connectivity index (χ2v) is 6.21. The first-order chi connectivity index (χ1) is 9.61. The maximum Gasteiger partial charge on any atom is 0.220 e. The lowest BCUT2D eigenvalue weighted by atomic mass is 9.87. The Morgan fingerprint density at radius 3 is 2.29 bits per heavy atom. The van der Waals surface area contributed by atoms with Crippen LogP contribution < -0.4 is 28.8 Å². The highest BCUT2D eigenvalue weighted by Gasteiger charge is 2.42. The molecule has 0 saturated heterocycles. The predicted octanol–water partition coefficient (Wildman–Crippen LogP) is -0.437. The van der Waals surface area contributed by atoms with Crippen LogP contribution in [0.25, 0.3) is 0 Å². The van der Waals surface area contributed by atoms with E-state index < -0.39 is 0 Å². The molecule has 0 aromatic heterocycles. The molecule has 1 aromatic carbocycles. The Balaban J connectivity index is 0.00000161. The van der Waals surface area contributed by atoms with Crippen LogP contribution in [-0.2, 0) is 0 Å². The molecule has 1 fully saturated rings. The molecule has 1 heterocycles. The SMILES string of the molecule is NC1=NC2(CCCCC2)N(c2ccc(Br)cc2)C(N)=N1.[Cl-]. The summed E-state index contributed by atoms with van der Waals surface area (Å²) in [6.07, 6.45) is 5.43. The Bertz CT molecular complexity index is 563. The molecule has 2 aliphatic rings. The van der Waals surface area contributed by atoms with E-state index in [0.717, 1.165) is 35.8 Å². The van der Waals surface area contributed by atoms with Gasteiger partial charge in [0, 0.05) is 10.2 Å². The number of rotatable bonds is 1. The molecule has 7 heteroatoms. The van der Waals surface area contributed by atoms with Crippen molar-refractivity contribution in [3.8, 4) is 0 Å². The summed E-state index contributed by atoms with van der Waals surface area (Å²) in [5.74, 6) is 0.722. The van der Waals surface area contributed by atoms with Gasteiger partial charge < -0.3 is 23.9 Å². The van der Waals surface area contributed by atoms with Crippen LogP contribution in [0.5, 0.6) is 0 Å². The Hall–Kier alpha value is -1.27. The Kier molecular flexibility index (Phi) is 4.78. The van der Waals surface area contributed by atoms with Crippen molar-refractivity contribution in [3.05, 3.63) is 28.7 Å². The van der Waals surface area contributed by atoms with Gasteiger partial charge in [0.2, 0.25) is 11.9 Å². The van der Waals surface area contributed by atoms with Gasteiger partial charge in [-0.05, 0) is 49.9 Å². The lowest BCUT2D eigenvalue weighted by Crippen LogP contribution is -3.00. The number of aliphatic imine (C=N–C) groups is 2. The lowest BCUT2D eigenvalue weighted by Gasteiger charge is -2.45. The van der Waals surface area contributed by atoms with Crippen molar-refractivity contribution in [2.45, 2.75) is 37.8 Å². The first-order valence-corrected chi connectivity index (χ1v) is 7.65. The molecule has 0 atom stereocenters. The van der Waals surface area contributed by atoms with Crippen molar-refractivity contribution in [1.29, 1.82) is 0 Å². The molecule has 21 heavy (non-hydrogen) atoms. The third-order valence-corrected chi connectivity index (χ3v) is 4.46. The molecule has 0 bridgehead atoms. The molecule has 114 valence electrons. The largest absolute Gasteiger partial charge is 1.00 e. The van der Waals surface area contributed by atoms with Crippen molar-refractivity contribution in [3.63, 3.8) is 0 Å². The van der Waals surface area contributed by atoms with Gasteiger partial charge in [-0.15, -0.1) is 0 Å². The highest BCUT2D eigenvalue weighted by Crippen LogP contribution is 2.39. The minimum absolute atomic E-state index is 0. The standard InChI is InChI=1S/C14H18BrN5.ClH/c15-10-4-6-11(7-5-10)20-13(17)18-12(16)19-14(20)8-2-1-3-9-14;/h4-7H,1-3,8-9H2,(H4,16,17,18,19);1H/p-1. The van der Waals surface area contributed by atoms with Crippen LogP contribution in [0, 0.1) is 0 Å². The van der Waals surface area contributed by atoms with Gasteiger partial charge >= 0.3 is 0 Å². The van der Waals surface area contributed by atoms with Crippen molar-refractivity contribution in [1.82, 2.24) is 0 Å². The average Bonchev–Trinajstić information content (AvgIpc) is 2.41. The van der Waals surface area contributed by atoms with E-state index in [1.807, 2.05) is 29.2 Å². The second-order valence-electron chi connectivity index (χ2n) is 5.29. The minimum atomic E-state index is -0.359. The van der Waals surface area contributed by atoms with Crippen molar-refractivity contribution >= 4 is 33.5 Å². The van der Waals surface area contributed by atoms with Crippen LogP contribution in [0.2, 0.25) is 0 Å². The third kappa shape index (κ3) is 3.01. The van der Waals surface area contributed by atoms with E-state index in [-0.39, 0.29) is 24.0 Å². The van der Waals surface area contributed by atoms with E-state index in [2.05, 4.69) is 25.9 Å². The normalized spacial score (nSPS) is 20.5. The maximum atomic E-state index is 6.15. The summed E-state index contributed by atoms with van der Waals surface area (Å²) in [6.45, 7) is 0. The van der Waals surface area contributed by atoms with Crippen LogP contribution in [0.4, 0.5) is 5.69 Å². The molecule has 1 aliphatic carbocycles. The van der Waals surface area contributed by atoms with Gasteiger partial charge in [0.25, 0.3) is 0 Å². The number of anilines is 1. The molecular formula is C14H18BrClN5-. The van der Waals surface area contributed by atoms with Crippen LogP contribution in [-0.4, -0.2) is 17.6 Å². The molecule has 0 unspecified atom stereocenters. The molecule has 1 aliphatic heterocycles. The number of hydrogen-bond donors (Lipinski definition) is 2. The molecular weight excluding hydrogens is 354 g/mol. The Morgan fingerprint density at radius 2 is 1.67 bits per heavy atom. The zero-order valence-electron chi connectivity index (χ0n) is 11.6. The van der Waals surface area contributed by atoms with E-state index in [9.17, 15) is 0 Å². The molecule has 0 radical (unpaired) electrons. The average molecular weight is 372 g/mol. The molecule has 0 amide bonds. The summed E-state index contributed by atoms with van der Waals surface area (Å²) in [5.41, 5.74) is 12.6. The second kappa shape index (κ2) is 6.23. The number of halogens is 2. The number of hydrogen-bond acceptors (Lipinski definition) is 5. The summed E-state index contributed by atoms with van der Waals surface area (Å²) < 4.78 is 1.04. The van der Waals surface area contributed by atoms with Crippen molar-refractivity contribution in [2.75, 3.05) is 4.90 Å². The lowest BCUT2D eigenvalue weighted by molar-refractivity contribution is -0.00000472. The molecule has 1 spiro atoms. The fourth-order valence-corrected chi connectivity index (χ4v) is 3.35. The first kappa shape index (κ1) is 16.1. The highest BCUT2D eigenvalue weighted by molar-refractivity contribution is 9.10. The molecule has 1 saturated carbocycles. The van der Waals surface area contributed by atoms with Gasteiger partial charge in [0.1, 0.15) is 5.66 Å². The van der Waals surface area contributed by atoms with Crippen molar-refractivity contribution < 1.29 is 12.4 Å². The molecule has 3 rings (SSSR count). The van der Waals surface area contributed by atoms with E-state index in [1.165, 1.54) is 6.42 Å². The highest BCUT2D eigenvalue weighted by atomic mass is 79.9. The monoisotopic (exact) mass is 370 g/mol. The number of nitrogens with zero attached hydrogens (tertiary/aromatic N) is 3. The zero-order chi connectivity index (χ0) is 14.2. The fourth-order valence-electron chi connectivity index (χ4n) is 3.08. The first-order valence-electron chi connectivity index (χ1n) is 6.86. The van der Waals surface area contributed by atoms with E-state index in [4.69, 9.17) is 11.5 Å². The summed E-state index contributed by atoms with van der Waals surface area (Å²) >= 11 is 3.45. The maximum absolute atomic E-state index is 6.15. The van der Waals surface area contributed by atoms with Gasteiger partial charge in [0.05, 0.1) is 0 Å². The Morgan fingerprint density at radius 1 is 1.05 bits per heavy atom.